The highest BCUT2D eigenvalue weighted by molar-refractivity contribution is 6.74. The summed E-state index contributed by atoms with van der Waals surface area (Å²) < 4.78 is 49.3. The first-order chi connectivity index (χ1) is 36.1. The van der Waals surface area contributed by atoms with E-state index in [-0.39, 0.29) is 49.0 Å². The zero-order chi connectivity index (χ0) is 57.2. The molecule has 0 aromatic heterocycles. The van der Waals surface area contributed by atoms with Crippen molar-refractivity contribution in [3.63, 3.8) is 0 Å². The molecule has 3 aliphatic carbocycles. The topological polar surface area (TPSA) is 182 Å². The SMILES string of the molecule is CC[Si](CC)(CC)O[C@H]1C(=O)[C@@]2(C)[C@@H](O[Si](CC)(CC)CC)C[C@H]3OC[C@@]3(OC(C)=O)[C@@H]2[C@H]2OC(=O)CCCC=CCCCCC(=O)N[C@@H](c3ccccc3)[C@H](O[Si](C)(C)C(C)(C)C)C(=O)O[C@H]3C[C@]2(O)C(C)(C)C1=C3C. The fourth-order valence-electron chi connectivity index (χ4n) is 13.3. The van der Waals surface area contributed by atoms with Gasteiger partial charge in [-0.15, -0.1) is 0 Å². The maximum Gasteiger partial charge on any atom is 0.337 e. The first-order valence-corrected chi connectivity index (χ1v) is 37.2. The lowest BCUT2D eigenvalue weighted by Gasteiger charge is -2.68. The van der Waals surface area contributed by atoms with E-state index < -0.39 is 113 Å². The minimum atomic E-state index is -2.85. The van der Waals surface area contributed by atoms with Crippen molar-refractivity contribution in [3.8, 4) is 0 Å². The molecule has 0 spiro atoms. The highest BCUT2D eigenvalue weighted by Gasteiger charge is 2.79. The molecule has 14 nitrogen and oxygen atoms in total. The van der Waals surface area contributed by atoms with Gasteiger partial charge in [-0.05, 0) is 117 Å². The number of benzene rings is 1. The van der Waals surface area contributed by atoms with Gasteiger partial charge in [0.15, 0.2) is 42.4 Å². The zero-order valence-electron chi connectivity index (χ0n) is 49.8. The van der Waals surface area contributed by atoms with Gasteiger partial charge < -0.3 is 42.6 Å². The van der Waals surface area contributed by atoms with E-state index >= 15 is 9.59 Å². The quantitative estimate of drug-likeness (QED) is 0.0778. The second-order valence-corrected chi connectivity index (χ2v) is 39.6. The fraction of sp³-hybridized carbons (Fsp3) is 0.750. The monoisotopic (exact) mass is 1120 g/mol. The van der Waals surface area contributed by atoms with Crippen LogP contribution in [-0.4, -0.2) is 114 Å². The zero-order valence-corrected chi connectivity index (χ0v) is 52.8. The number of esters is 3. The Labute approximate surface area is 464 Å². The van der Waals surface area contributed by atoms with E-state index in [9.17, 15) is 19.5 Å². The molecule has 0 unspecified atom stereocenters. The summed E-state index contributed by atoms with van der Waals surface area (Å²) >= 11 is 0. The van der Waals surface area contributed by atoms with Crippen LogP contribution in [-0.2, 0) is 56.2 Å². The van der Waals surface area contributed by atoms with E-state index in [1.165, 1.54) is 6.92 Å². The van der Waals surface area contributed by atoms with E-state index in [4.69, 9.17) is 32.2 Å². The van der Waals surface area contributed by atoms with E-state index in [1.807, 2.05) is 64.1 Å². The van der Waals surface area contributed by atoms with E-state index in [0.717, 1.165) is 31.0 Å². The van der Waals surface area contributed by atoms with E-state index in [2.05, 4.69) is 86.8 Å². The van der Waals surface area contributed by atoms with Crippen LogP contribution in [0.4, 0.5) is 0 Å². The number of carbonyl (C=O) groups excluding carboxylic acids is 5. The number of amides is 1. The Balaban J connectivity index is 1.72. The van der Waals surface area contributed by atoms with Crippen molar-refractivity contribution in [2.75, 3.05) is 6.61 Å². The van der Waals surface area contributed by atoms with E-state index in [1.54, 1.807) is 0 Å². The van der Waals surface area contributed by atoms with Gasteiger partial charge in [-0.2, -0.15) is 0 Å². The van der Waals surface area contributed by atoms with Crippen LogP contribution in [0.25, 0.3) is 0 Å². The number of carbonyl (C=O) groups is 5. The largest absolute Gasteiger partial charge is 0.459 e. The number of allylic oxidation sites excluding steroid dienone is 2. The third-order valence-corrected chi connectivity index (χ3v) is 33.7. The standard InChI is InChI=1S/C60H97NO13Si3/c1-17-76(18-2,19-3)72-44-37-45-59(39-68-45,71-41(8)62)52-54-60(67)38-43(40(7)48(57(60,12)13)50(53(65)58(44,52)14)74-77(20-4,21-5)22-6)69-55(66)51(73-75(15,16)56(9,10)11)49(42-33-29-28-30-34-42)61-46(63)35-31-26-24-23-25-27-32-36-47(64)70-54/h23,25,28-30,33-34,43-45,49-52,54,67H,17-22,24,26-27,31-32,35-39H2,1-16H3,(H,61,63)/t43-,44-,45+,49-,50+,51-,52+,54+,58-,59-,60+/m0/s1. The Morgan fingerprint density at radius 1 is 0.805 bits per heavy atom. The average Bonchev–Trinajstić information content (AvgIpc) is 3.37. The lowest BCUT2D eigenvalue weighted by Crippen LogP contribution is -2.82. The third kappa shape index (κ3) is 12.0. The predicted molar refractivity (Wildman–Crippen MR) is 306 cm³/mol. The molecule has 5 aliphatic rings. The molecule has 0 radical (unpaired) electrons. The van der Waals surface area contributed by atoms with Crippen molar-refractivity contribution in [1.29, 1.82) is 0 Å². The molecule has 2 heterocycles. The molecular weight excluding hydrogens is 1030 g/mol. The number of Topliss-reactive ketones (excluding diaryl/α,β-unsaturated/α-hetero) is 1. The van der Waals surface area contributed by atoms with Crippen molar-refractivity contribution >= 4 is 54.6 Å². The van der Waals surface area contributed by atoms with Gasteiger partial charge in [0.2, 0.25) is 5.91 Å². The van der Waals surface area contributed by atoms with E-state index in [0.29, 0.717) is 54.1 Å². The van der Waals surface area contributed by atoms with Crippen molar-refractivity contribution in [2.24, 2.45) is 16.7 Å². The molecule has 6 rings (SSSR count). The van der Waals surface area contributed by atoms with Gasteiger partial charge in [0.1, 0.15) is 30.0 Å². The maximum absolute atomic E-state index is 17.2. The summed E-state index contributed by atoms with van der Waals surface area (Å²) in [5.41, 5.74) is -5.09. The Hall–Kier alpha value is -3.30. The molecule has 2 N–H and O–H groups in total. The molecule has 11 atom stereocenters. The molecule has 1 aromatic carbocycles. The molecule has 3 fully saturated rings. The highest BCUT2D eigenvalue weighted by Crippen LogP contribution is 2.65. The number of ether oxygens (including phenoxy) is 4. The van der Waals surface area contributed by atoms with Crippen LogP contribution < -0.4 is 5.32 Å². The normalized spacial score (nSPS) is 33.0. The van der Waals surface area contributed by atoms with Crippen LogP contribution in [0.15, 0.2) is 53.6 Å². The van der Waals surface area contributed by atoms with Crippen molar-refractivity contribution in [2.45, 2.75) is 263 Å². The molecule has 432 valence electrons. The van der Waals surface area contributed by atoms with Crippen molar-refractivity contribution < 1.29 is 61.3 Å². The van der Waals surface area contributed by atoms with Gasteiger partial charge in [-0.1, -0.05) is 119 Å². The van der Waals surface area contributed by atoms with Gasteiger partial charge >= 0.3 is 17.9 Å². The number of rotatable bonds is 14. The summed E-state index contributed by atoms with van der Waals surface area (Å²) in [5, 5.41) is 17.5. The first-order valence-electron chi connectivity index (χ1n) is 29.3. The smallest absolute Gasteiger partial charge is 0.337 e. The summed E-state index contributed by atoms with van der Waals surface area (Å²) in [6, 6.07) is 12.8. The summed E-state index contributed by atoms with van der Waals surface area (Å²) in [4.78, 5) is 75.7. The summed E-state index contributed by atoms with van der Waals surface area (Å²) in [6.07, 6.45) is 0.324. The van der Waals surface area contributed by atoms with Gasteiger partial charge in [0.25, 0.3) is 0 Å². The first kappa shape index (κ1) is 62.9. The Kier molecular flexibility index (Phi) is 19.9. The predicted octanol–water partition coefficient (Wildman–Crippen LogP) is 11.9. The lowest BCUT2D eigenvalue weighted by atomic mass is 9.44. The molecule has 3 bridgehead atoms. The molecule has 1 amide bonds. The molecule has 2 aliphatic heterocycles. The molecule has 17 heteroatoms. The van der Waals surface area contributed by atoms with Crippen LogP contribution in [0.3, 0.4) is 0 Å². The summed E-state index contributed by atoms with van der Waals surface area (Å²) in [7, 11) is -8.21. The van der Waals surface area contributed by atoms with Crippen LogP contribution in [0.5, 0.6) is 0 Å². The van der Waals surface area contributed by atoms with Crippen LogP contribution in [0.1, 0.15) is 166 Å². The molecular formula is C60H97NO13Si3. The van der Waals surface area contributed by atoms with Crippen LogP contribution in [0, 0.1) is 16.7 Å². The molecule has 1 aromatic rings. The number of hydrogen-bond acceptors (Lipinski definition) is 13. The second-order valence-electron chi connectivity index (χ2n) is 25.4. The highest BCUT2D eigenvalue weighted by atomic mass is 28.4. The Bertz CT molecular complexity index is 2320. The second kappa shape index (κ2) is 24.4. The van der Waals surface area contributed by atoms with Crippen LogP contribution in [0.2, 0.25) is 54.4 Å². The third-order valence-electron chi connectivity index (χ3n) is 19.9. The summed E-state index contributed by atoms with van der Waals surface area (Å²) in [6.45, 7) is 31.7. The molecule has 1 saturated heterocycles. The van der Waals surface area contributed by atoms with Crippen LogP contribution >= 0.6 is 0 Å². The number of fused-ring (bicyclic) bond motifs is 6. The number of nitrogens with one attached hydrogen (secondary N) is 1. The van der Waals surface area contributed by atoms with Gasteiger partial charge in [0.05, 0.1) is 30.1 Å². The van der Waals surface area contributed by atoms with Gasteiger partial charge in [-0.25, -0.2) is 4.79 Å². The van der Waals surface area contributed by atoms with Crippen molar-refractivity contribution in [1.82, 2.24) is 5.32 Å². The van der Waals surface area contributed by atoms with Gasteiger partial charge in [-0.3, -0.25) is 19.2 Å². The molecule has 2 saturated carbocycles. The average molecular weight is 1120 g/mol. The van der Waals surface area contributed by atoms with Gasteiger partial charge in [0, 0.05) is 38.0 Å². The number of hydrogen-bond donors (Lipinski definition) is 2. The Morgan fingerprint density at radius 2 is 1.39 bits per heavy atom. The fourth-order valence-corrected chi connectivity index (χ4v) is 20.2. The maximum atomic E-state index is 17.2. The minimum absolute atomic E-state index is 0.0102. The number of aliphatic hydroxyl groups is 1. The summed E-state index contributed by atoms with van der Waals surface area (Å²) in [5.74, 6) is -3.75. The molecule has 77 heavy (non-hydrogen) atoms. The number of ketones is 1. The minimum Gasteiger partial charge on any atom is -0.459 e. The lowest BCUT2D eigenvalue weighted by molar-refractivity contribution is -0.346. The Morgan fingerprint density at radius 3 is 1.94 bits per heavy atom. The van der Waals surface area contributed by atoms with Crippen molar-refractivity contribution in [3.05, 3.63) is 59.2 Å².